The van der Waals surface area contributed by atoms with E-state index in [0.717, 1.165) is 42.7 Å². The van der Waals surface area contributed by atoms with Gasteiger partial charge in [-0.2, -0.15) is 0 Å². The van der Waals surface area contributed by atoms with Crippen LogP contribution in [0.1, 0.15) is 49.5 Å². The summed E-state index contributed by atoms with van der Waals surface area (Å²) in [6, 6.07) is 15.9. The van der Waals surface area contributed by atoms with Crippen molar-refractivity contribution in [2.45, 2.75) is 39.2 Å². The highest BCUT2D eigenvalue weighted by molar-refractivity contribution is 5.35. The lowest BCUT2D eigenvalue weighted by molar-refractivity contribution is 0.220. The van der Waals surface area contributed by atoms with Gasteiger partial charge >= 0.3 is 0 Å². The molecular formula is C19H24O2. The molecule has 112 valence electrons. The van der Waals surface area contributed by atoms with E-state index in [1.807, 2.05) is 36.4 Å². The van der Waals surface area contributed by atoms with Gasteiger partial charge in [0.1, 0.15) is 11.9 Å². The van der Waals surface area contributed by atoms with Gasteiger partial charge in [0.2, 0.25) is 0 Å². The second-order valence-electron chi connectivity index (χ2n) is 5.31. The Morgan fingerprint density at radius 1 is 0.857 bits per heavy atom. The minimum atomic E-state index is -0.582. The van der Waals surface area contributed by atoms with Crippen LogP contribution < -0.4 is 4.74 Å². The third-order valence-electron chi connectivity index (χ3n) is 3.50. The zero-order valence-corrected chi connectivity index (χ0v) is 12.9. The fraction of sp³-hybridized carbons (Fsp3) is 0.368. The molecule has 1 N–H and O–H groups in total. The van der Waals surface area contributed by atoms with E-state index in [0.29, 0.717) is 0 Å². The van der Waals surface area contributed by atoms with Crippen LogP contribution in [0.3, 0.4) is 0 Å². The molecule has 1 atom stereocenters. The van der Waals surface area contributed by atoms with Gasteiger partial charge in [-0.1, -0.05) is 56.7 Å². The van der Waals surface area contributed by atoms with E-state index in [-0.39, 0.29) is 0 Å². The first kappa shape index (κ1) is 15.6. The summed E-state index contributed by atoms with van der Waals surface area (Å²) >= 11 is 0. The van der Waals surface area contributed by atoms with Crippen LogP contribution in [0.2, 0.25) is 0 Å². The van der Waals surface area contributed by atoms with Crippen molar-refractivity contribution in [3.63, 3.8) is 0 Å². The molecule has 1 unspecified atom stereocenters. The Kier molecular flexibility index (Phi) is 5.82. The highest BCUT2D eigenvalue weighted by atomic mass is 16.5. The zero-order valence-electron chi connectivity index (χ0n) is 12.9. The maximum atomic E-state index is 10.4. The minimum Gasteiger partial charge on any atom is -0.494 e. The number of aliphatic hydroxyl groups is 1. The summed E-state index contributed by atoms with van der Waals surface area (Å²) < 4.78 is 5.56. The molecule has 0 radical (unpaired) electrons. The number of aliphatic hydroxyl groups excluding tert-OH is 1. The van der Waals surface area contributed by atoms with Crippen LogP contribution in [0, 0.1) is 0 Å². The number of ether oxygens (including phenoxy) is 1. The quantitative estimate of drug-likeness (QED) is 0.810. The normalized spacial score (nSPS) is 12.1. The number of aryl methyl sites for hydroxylation is 1. The molecule has 2 aromatic carbocycles. The second kappa shape index (κ2) is 7.84. The molecule has 0 heterocycles. The van der Waals surface area contributed by atoms with Gasteiger partial charge in [0, 0.05) is 0 Å². The molecule has 0 aromatic heterocycles. The predicted octanol–water partition coefficient (Wildman–Crippen LogP) is 4.51. The summed E-state index contributed by atoms with van der Waals surface area (Å²) in [6.45, 7) is 4.98. The smallest absolute Gasteiger partial charge is 0.119 e. The van der Waals surface area contributed by atoms with Crippen molar-refractivity contribution in [1.82, 2.24) is 0 Å². The molecule has 2 heteroatoms. The highest BCUT2D eigenvalue weighted by Gasteiger charge is 2.10. The molecule has 0 aliphatic heterocycles. The Labute approximate surface area is 127 Å². The van der Waals surface area contributed by atoms with E-state index in [2.05, 4.69) is 26.0 Å². The van der Waals surface area contributed by atoms with Crippen molar-refractivity contribution in [2.75, 3.05) is 6.61 Å². The van der Waals surface area contributed by atoms with Gasteiger partial charge < -0.3 is 9.84 Å². The van der Waals surface area contributed by atoms with Crippen LogP contribution in [-0.4, -0.2) is 11.7 Å². The van der Waals surface area contributed by atoms with Crippen LogP contribution in [0.25, 0.3) is 0 Å². The highest BCUT2D eigenvalue weighted by Crippen LogP contribution is 2.24. The first-order chi connectivity index (χ1) is 10.2. The molecule has 21 heavy (non-hydrogen) atoms. The van der Waals surface area contributed by atoms with Crippen molar-refractivity contribution in [2.24, 2.45) is 0 Å². The molecule has 2 rings (SSSR count). The predicted molar refractivity (Wildman–Crippen MR) is 86.7 cm³/mol. The molecule has 0 fully saturated rings. The summed E-state index contributed by atoms with van der Waals surface area (Å²) in [4.78, 5) is 0. The van der Waals surface area contributed by atoms with Crippen molar-refractivity contribution in [3.8, 4) is 5.75 Å². The summed E-state index contributed by atoms with van der Waals surface area (Å²) in [6.07, 6.45) is 2.64. The third kappa shape index (κ3) is 4.33. The van der Waals surface area contributed by atoms with Gasteiger partial charge in [0.25, 0.3) is 0 Å². The van der Waals surface area contributed by atoms with E-state index in [1.54, 1.807) is 0 Å². The molecule has 0 amide bonds. The molecule has 0 aliphatic rings. The number of hydrogen-bond acceptors (Lipinski definition) is 2. The zero-order chi connectivity index (χ0) is 15.1. The largest absolute Gasteiger partial charge is 0.494 e. The average molecular weight is 284 g/mol. The van der Waals surface area contributed by atoms with Crippen molar-refractivity contribution >= 4 is 0 Å². The van der Waals surface area contributed by atoms with Crippen molar-refractivity contribution in [3.05, 3.63) is 65.2 Å². The first-order valence-corrected chi connectivity index (χ1v) is 7.74. The molecule has 0 saturated carbocycles. The van der Waals surface area contributed by atoms with Gasteiger partial charge in [-0.15, -0.1) is 0 Å². The van der Waals surface area contributed by atoms with Gasteiger partial charge in [-0.3, -0.25) is 0 Å². The maximum Gasteiger partial charge on any atom is 0.119 e. The molecule has 2 aromatic rings. The Morgan fingerprint density at radius 2 is 1.43 bits per heavy atom. The van der Waals surface area contributed by atoms with Gasteiger partial charge in [0.15, 0.2) is 0 Å². The minimum absolute atomic E-state index is 0.582. The molecule has 0 bridgehead atoms. The van der Waals surface area contributed by atoms with Crippen LogP contribution >= 0.6 is 0 Å². The monoisotopic (exact) mass is 284 g/mol. The van der Waals surface area contributed by atoms with Gasteiger partial charge in [-0.25, -0.2) is 0 Å². The number of hydrogen-bond donors (Lipinski definition) is 1. The molecule has 2 nitrogen and oxygen atoms in total. The van der Waals surface area contributed by atoms with Crippen molar-refractivity contribution < 1.29 is 9.84 Å². The Hall–Kier alpha value is -1.80. The maximum absolute atomic E-state index is 10.4. The van der Waals surface area contributed by atoms with Crippen molar-refractivity contribution in [1.29, 1.82) is 0 Å². The molecule has 0 aliphatic carbocycles. The van der Waals surface area contributed by atoms with E-state index < -0.39 is 6.10 Å². The van der Waals surface area contributed by atoms with Crippen LogP contribution in [-0.2, 0) is 6.42 Å². The molecule has 0 spiro atoms. The van der Waals surface area contributed by atoms with E-state index in [1.165, 1.54) is 5.56 Å². The summed E-state index contributed by atoms with van der Waals surface area (Å²) in [5.41, 5.74) is 3.14. The Balaban J connectivity index is 2.06. The summed E-state index contributed by atoms with van der Waals surface area (Å²) in [5, 5.41) is 10.4. The molecular weight excluding hydrogens is 260 g/mol. The average Bonchev–Trinajstić information content (AvgIpc) is 2.54. The van der Waals surface area contributed by atoms with E-state index in [9.17, 15) is 5.11 Å². The first-order valence-electron chi connectivity index (χ1n) is 7.74. The fourth-order valence-corrected chi connectivity index (χ4v) is 2.31. The Morgan fingerprint density at radius 3 is 1.95 bits per heavy atom. The standard InChI is InChI=1S/C19H24O2/c1-3-5-15-6-8-16(9-7-15)19(20)17-10-12-18(13-11-17)21-14-4-2/h6-13,19-20H,3-5,14H2,1-2H3. The van der Waals surface area contributed by atoms with Crippen LogP contribution in [0.4, 0.5) is 0 Å². The SMILES string of the molecule is CCCOc1ccc(C(O)c2ccc(CCC)cc2)cc1. The lowest BCUT2D eigenvalue weighted by Gasteiger charge is -2.13. The summed E-state index contributed by atoms with van der Waals surface area (Å²) in [7, 11) is 0. The van der Waals surface area contributed by atoms with Gasteiger partial charge in [-0.05, 0) is 41.7 Å². The lowest BCUT2D eigenvalue weighted by Crippen LogP contribution is -2.00. The van der Waals surface area contributed by atoms with E-state index in [4.69, 9.17) is 4.74 Å². The van der Waals surface area contributed by atoms with Gasteiger partial charge in [0.05, 0.1) is 6.61 Å². The summed E-state index contributed by atoms with van der Waals surface area (Å²) in [5.74, 6) is 0.853. The Bertz CT molecular complexity index is 528. The second-order valence-corrected chi connectivity index (χ2v) is 5.31. The topological polar surface area (TPSA) is 29.5 Å². The number of rotatable bonds is 7. The fourth-order valence-electron chi connectivity index (χ4n) is 2.31. The number of benzene rings is 2. The van der Waals surface area contributed by atoms with Crippen LogP contribution in [0.15, 0.2) is 48.5 Å². The lowest BCUT2D eigenvalue weighted by atomic mass is 9.99. The molecule has 0 saturated heterocycles. The van der Waals surface area contributed by atoms with Crippen LogP contribution in [0.5, 0.6) is 5.75 Å². The van der Waals surface area contributed by atoms with E-state index >= 15 is 0 Å². The third-order valence-corrected chi connectivity index (χ3v) is 3.50.